The van der Waals surface area contributed by atoms with Crippen molar-refractivity contribution in [2.24, 2.45) is 0 Å². The van der Waals surface area contributed by atoms with Gasteiger partial charge in [-0.05, 0) is 19.1 Å². The van der Waals surface area contributed by atoms with Gasteiger partial charge in [0.25, 0.3) is 0 Å². The zero-order valence-electron chi connectivity index (χ0n) is 8.69. The average molecular weight is 228 g/mol. The molecule has 4 nitrogen and oxygen atoms in total. The molecule has 1 saturated heterocycles. The number of hydrogen-bond acceptors (Lipinski definition) is 4. The van der Waals surface area contributed by atoms with E-state index < -0.39 is 0 Å². The molecule has 0 amide bonds. The standard InChI is InChI=1S/C10H14ClN3O/c1-8-7-15-5-4-14(8)6-9-2-3-10(11)13-12-9/h2-3,8H,4-7H2,1H3. The fourth-order valence-electron chi connectivity index (χ4n) is 1.63. The van der Waals surface area contributed by atoms with Gasteiger partial charge in [0.15, 0.2) is 5.15 Å². The second-order valence-electron chi connectivity index (χ2n) is 3.74. The van der Waals surface area contributed by atoms with E-state index in [9.17, 15) is 0 Å². The predicted octanol–water partition coefficient (Wildman–Crippen LogP) is 1.35. The summed E-state index contributed by atoms with van der Waals surface area (Å²) in [5.74, 6) is 0. The van der Waals surface area contributed by atoms with Gasteiger partial charge in [0.1, 0.15) is 0 Å². The highest BCUT2D eigenvalue weighted by molar-refractivity contribution is 6.29. The van der Waals surface area contributed by atoms with Crippen LogP contribution in [0.3, 0.4) is 0 Å². The molecule has 0 aliphatic carbocycles. The molecule has 0 bridgehead atoms. The molecular formula is C10H14ClN3O. The smallest absolute Gasteiger partial charge is 0.151 e. The maximum absolute atomic E-state index is 5.68. The zero-order chi connectivity index (χ0) is 10.7. The lowest BCUT2D eigenvalue weighted by Crippen LogP contribution is -2.43. The molecule has 2 rings (SSSR count). The van der Waals surface area contributed by atoms with E-state index in [0.29, 0.717) is 11.2 Å². The van der Waals surface area contributed by atoms with Crippen LogP contribution in [0.1, 0.15) is 12.6 Å². The van der Waals surface area contributed by atoms with E-state index >= 15 is 0 Å². The Balaban J connectivity index is 1.98. The van der Waals surface area contributed by atoms with Gasteiger partial charge in [0.05, 0.1) is 18.9 Å². The van der Waals surface area contributed by atoms with Crippen LogP contribution in [-0.2, 0) is 11.3 Å². The second kappa shape index (κ2) is 4.88. The first kappa shape index (κ1) is 10.8. The number of hydrogen-bond donors (Lipinski definition) is 0. The summed E-state index contributed by atoms with van der Waals surface area (Å²) < 4.78 is 5.37. The Labute approximate surface area is 94.2 Å². The predicted molar refractivity (Wildman–Crippen MR) is 57.7 cm³/mol. The first-order valence-electron chi connectivity index (χ1n) is 5.05. The van der Waals surface area contributed by atoms with Crippen LogP contribution in [0.2, 0.25) is 5.15 Å². The highest BCUT2D eigenvalue weighted by Gasteiger charge is 2.19. The van der Waals surface area contributed by atoms with Crippen LogP contribution in [0, 0.1) is 0 Å². The van der Waals surface area contributed by atoms with Crippen LogP contribution in [0.25, 0.3) is 0 Å². The maximum atomic E-state index is 5.68. The Morgan fingerprint density at radius 1 is 1.53 bits per heavy atom. The molecule has 1 atom stereocenters. The molecule has 0 N–H and O–H groups in total. The van der Waals surface area contributed by atoms with Gasteiger partial charge in [-0.15, -0.1) is 5.10 Å². The van der Waals surface area contributed by atoms with Crippen LogP contribution < -0.4 is 0 Å². The number of aromatic nitrogens is 2. The Morgan fingerprint density at radius 2 is 2.40 bits per heavy atom. The summed E-state index contributed by atoms with van der Waals surface area (Å²) in [4.78, 5) is 2.33. The Hall–Kier alpha value is -0.710. The number of halogens is 1. The largest absolute Gasteiger partial charge is 0.379 e. The molecule has 1 unspecified atom stereocenters. The van der Waals surface area contributed by atoms with Crippen molar-refractivity contribution in [1.29, 1.82) is 0 Å². The van der Waals surface area contributed by atoms with E-state index in [0.717, 1.165) is 32.0 Å². The molecule has 0 saturated carbocycles. The summed E-state index contributed by atoms with van der Waals surface area (Å²) in [5, 5.41) is 8.31. The van der Waals surface area contributed by atoms with Crippen molar-refractivity contribution in [1.82, 2.24) is 15.1 Å². The van der Waals surface area contributed by atoms with Crippen LogP contribution in [0.5, 0.6) is 0 Å². The highest BCUT2D eigenvalue weighted by Crippen LogP contribution is 2.11. The van der Waals surface area contributed by atoms with Crippen molar-refractivity contribution in [3.63, 3.8) is 0 Å². The topological polar surface area (TPSA) is 38.2 Å². The first-order chi connectivity index (χ1) is 7.25. The van der Waals surface area contributed by atoms with Crippen molar-refractivity contribution in [3.05, 3.63) is 23.0 Å². The molecule has 1 fully saturated rings. The number of morpholine rings is 1. The first-order valence-corrected chi connectivity index (χ1v) is 5.43. The van der Waals surface area contributed by atoms with Gasteiger partial charge in [-0.3, -0.25) is 4.90 Å². The molecule has 15 heavy (non-hydrogen) atoms. The summed E-state index contributed by atoms with van der Waals surface area (Å²) in [6, 6.07) is 4.13. The van der Waals surface area contributed by atoms with E-state index in [1.807, 2.05) is 6.07 Å². The molecule has 0 aromatic carbocycles. The van der Waals surface area contributed by atoms with Crippen LogP contribution in [0.4, 0.5) is 0 Å². The molecule has 2 heterocycles. The van der Waals surface area contributed by atoms with Gasteiger partial charge < -0.3 is 4.74 Å². The average Bonchev–Trinajstić information content (AvgIpc) is 2.25. The fourth-order valence-corrected chi connectivity index (χ4v) is 1.73. The fraction of sp³-hybridized carbons (Fsp3) is 0.600. The molecule has 1 aromatic rings. The van der Waals surface area contributed by atoms with Crippen molar-refractivity contribution in [2.45, 2.75) is 19.5 Å². The van der Waals surface area contributed by atoms with Crippen molar-refractivity contribution < 1.29 is 4.74 Å². The quantitative estimate of drug-likeness (QED) is 0.765. The monoisotopic (exact) mass is 227 g/mol. The summed E-state index contributed by atoms with van der Waals surface area (Å²) in [5.41, 5.74) is 0.952. The lowest BCUT2D eigenvalue weighted by atomic mass is 10.2. The molecular weight excluding hydrogens is 214 g/mol. The highest BCUT2D eigenvalue weighted by atomic mass is 35.5. The Bertz CT molecular complexity index is 317. The van der Waals surface area contributed by atoms with Gasteiger partial charge >= 0.3 is 0 Å². The Morgan fingerprint density at radius 3 is 3.07 bits per heavy atom. The number of ether oxygens (including phenoxy) is 1. The van der Waals surface area contributed by atoms with Crippen molar-refractivity contribution in [3.8, 4) is 0 Å². The van der Waals surface area contributed by atoms with Crippen LogP contribution in [-0.4, -0.2) is 40.9 Å². The maximum Gasteiger partial charge on any atom is 0.151 e. The van der Waals surface area contributed by atoms with E-state index in [4.69, 9.17) is 16.3 Å². The van der Waals surface area contributed by atoms with Gasteiger partial charge in [0, 0.05) is 19.1 Å². The second-order valence-corrected chi connectivity index (χ2v) is 4.13. The van der Waals surface area contributed by atoms with E-state index in [1.54, 1.807) is 6.07 Å². The van der Waals surface area contributed by atoms with Gasteiger partial charge in [-0.1, -0.05) is 11.6 Å². The minimum atomic E-state index is 0.439. The van der Waals surface area contributed by atoms with E-state index in [1.165, 1.54) is 0 Å². The van der Waals surface area contributed by atoms with E-state index in [-0.39, 0.29) is 0 Å². The molecule has 1 aliphatic heterocycles. The van der Waals surface area contributed by atoms with Crippen molar-refractivity contribution in [2.75, 3.05) is 19.8 Å². The normalized spacial score (nSPS) is 22.9. The molecule has 1 aromatic heterocycles. The minimum absolute atomic E-state index is 0.439. The molecule has 0 radical (unpaired) electrons. The van der Waals surface area contributed by atoms with Crippen LogP contribution >= 0.6 is 11.6 Å². The zero-order valence-corrected chi connectivity index (χ0v) is 9.44. The van der Waals surface area contributed by atoms with Gasteiger partial charge in [-0.25, -0.2) is 0 Å². The van der Waals surface area contributed by atoms with Crippen LogP contribution in [0.15, 0.2) is 12.1 Å². The van der Waals surface area contributed by atoms with Gasteiger partial charge in [0.2, 0.25) is 0 Å². The number of nitrogens with zero attached hydrogens (tertiary/aromatic N) is 3. The molecule has 5 heteroatoms. The van der Waals surface area contributed by atoms with Gasteiger partial charge in [-0.2, -0.15) is 5.10 Å². The third-order valence-electron chi connectivity index (χ3n) is 2.56. The molecule has 1 aliphatic rings. The lowest BCUT2D eigenvalue weighted by molar-refractivity contribution is -0.00501. The minimum Gasteiger partial charge on any atom is -0.379 e. The molecule has 0 spiro atoms. The van der Waals surface area contributed by atoms with Crippen molar-refractivity contribution >= 4 is 11.6 Å². The third-order valence-corrected chi connectivity index (χ3v) is 2.76. The molecule has 82 valence electrons. The van der Waals surface area contributed by atoms with E-state index in [2.05, 4.69) is 22.0 Å². The summed E-state index contributed by atoms with van der Waals surface area (Å²) >= 11 is 5.68. The summed E-state index contributed by atoms with van der Waals surface area (Å²) in [6.07, 6.45) is 0. The Kier molecular flexibility index (Phi) is 3.51. The SMILES string of the molecule is CC1COCCN1Cc1ccc(Cl)nn1. The number of rotatable bonds is 2. The summed E-state index contributed by atoms with van der Waals surface area (Å²) in [7, 11) is 0. The lowest BCUT2D eigenvalue weighted by Gasteiger charge is -2.32. The summed E-state index contributed by atoms with van der Waals surface area (Å²) in [6.45, 7) is 5.51. The third kappa shape index (κ3) is 2.87.